The van der Waals surface area contributed by atoms with Gasteiger partial charge in [-0.25, -0.2) is 13.1 Å². The van der Waals surface area contributed by atoms with Crippen molar-refractivity contribution in [2.24, 2.45) is 17.6 Å². The van der Waals surface area contributed by atoms with Crippen LogP contribution >= 0.6 is 12.4 Å². The van der Waals surface area contributed by atoms with Gasteiger partial charge in [-0.1, -0.05) is 6.42 Å². The lowest BCUT2D eigenvalue weighted by Crippen LogP contribution is -2.53. The lowest BCUT2D eigenvalue weighted by Gasteiger charge is -2.45. The molecule has 0 spiro atoms. The number of nitrogens with two attached hydrogens (primary N) is 1. The lowest BCUT2D eigenvalue weighted by atomic mass is 9.67. The summed E-state index contributed by atoms with van der Waals surface area (Å²) >= 11 is 0. The molecule has 7 nitrogen and oxygen atoms in total. The van der Waals surface area contributed by atoms with Crippen LogP contribution in [0.15, 0.2) is 23.1 Å². The zero-order chi connectivity index (χ0) is 18.9. The summed E-state index contributed by atoms with van der Waals surface area (Å²) in [7, 11) is -0.998. The molecule has 3 rings (SSSR count). The number of ether oxygens (including phenoxy) is 1. The van der Waals surface area contributed by atoms with Crippen LogP contribution in [0.4, 0.5) is 0 Å². The van der Waals surface area contributed by atoms with Gasteiger partial charge in [0.05, 0.1) is 7.11 Å². The highest BCUT2D eigenvalue weighted by atomic mass is 35.5. The van der Waals surface area contributed by atoms with Gasteiger partial charge in [-0.2, -0.15) is 0 Å². The van der Waals surface area contributed by atoms with E-state index in [1.807, 2.05) is 0 Å². The van der Waals surface area contributed by atoms with Crippen molar-refractivity contribution in [2.45, 2.75) is 49.1 Å². The van der Waals surface area contributed by atoms with Crippen LogP contribution in [-0.4, -0.2) is 40.6 Å². The molecule has 0 saturated heterocycles. The molecule has 1 amide bonds. The predicted molar refractivity (Wildman–Crippen MR) is 106 cm³/mol. The van der Waals surface area contributed by atoms with E-state index in [9.17, 15) is 13.2 Å². The summed E-state index contributed by atoms with van der Waals surface area (Å²) in [5.41, 5.74) is 6.46. The molecule has 2 saturated carbocycles. The highest BCUT2D eigenvalue weighted by molar-refractivity contribution is 7.89. The first-order valence-corrected chi connectivity index (χ1v) is 10.5. The van der Waals surface area contributed by atoms with Crippen molar-refractivity contribution in [1.82, 2.24) is 10.0 Å². The summed E-state index contributed by atoms with van der Waals surface area (Å²) in [6.07, 6.45) is 5.21. The van der Waals surface area contributed by atoms with Crippen LogP contribution in [0.2, 0.25) is 0 Å². The Bertz CT molecular complexity index is 773. The van der Waals surface area contributed by atoms with E-state index < -0.39 is 10.0 Å². The number of nitrogens with one attached hydrogen (secondary N) is 2. The van der Waals surface area contributed by atoms with Crippen molar-refractivity contribution in [3.63, 3.8) is 0 Å². The van der Waals surface area contributed by atoms with Gasteiger partial charge in [0.1, 0.15) is 10.6 Å². The van der Waals surface area contributed by atoms with Crippen molar-refractivity contribution in [1.29, 1.82) is 0 Å². The van der Waals surface area contributed by atoms with E-state index in [1.54, 1.807) is 6.07 Å². The number of carbonyl (C=O) groups is 1. The van der Waals surface area contributed by atoms with Crippen molar-refractivity contribution in [2.75, 3.05) is 14.2 Å². The Kier molecular flexibility index (Phi) is 7.13. The van der Waals surface area contributed by atoms with E-state index in [2.05, 4.69) is 10.0 Å². The number of benzene rings is 1. The fourth-order valence-electron chi connectivity index (χ4n) is 4.40. The number of carbonyl (C=O) groups excluding carboxylic acids is 1. The Labute approximate surface area is 166 Å². The zero-order valence-electron chi connectivity index (χ0n) is 15.6. The molecule has 152 valence electrons. The topological polar surface area (TPSA) is 111 Å². The molecule has 0 aromatic heterocycles. The molecular formula is C18H28ClN3O4S. The first-order chi connectivity index (χ1) is 12.4. The Hall–Kier alpha value is -1.35. The molecule has 2 atom stereocenters. The second-order valence-electron chi connectivity index (χ2n) is 7.25. The zero-order valence-corrected chi connectivity index (χ0v) is 17.2. The molecule has 2 fully saturated rings. The molecule has 0 radical (unpaired) electrons. The molecule has 2 aliphatic rings. The minimum atomic E-state index is -3.72. The normalized spacial score (nSPS) is 27.4. The van der Waals surface area contributed by atoms with Gasteiger partial charge in [-0.05, 0) is 62.8 Å². The van der Waals surface area contributed by atoms with E-state index in [4.69, 9.17) is 10.5 Å². The molecule has 0 heterocycles. The third kappa shape index (κ3) is 4.56. The number of halogens is 1. The number of methoxy groups -OCH3 is 1. The standard InChI is InChI=1S/C18H27N3O4S.ClH/c1-20-26(23,24)16-10-13(6-7-15(16)25-2)18(22)21-17-11-4-3-5-12(17)9-14(19)8-11;/h6-7,10-12,14,17,20H,3-5,8-9,19H2,1-2H3,(H,21,22);1H. The summed E-state index contributed by atoms with van der Waals surface area (Å²) in [6.45, 7) is 0. The Morgan fingerprint density at radius 2 is 1.85 bits per heavy atom. The van der Waals surface area contributed by atoms with Gasteiger partial charge in [-0.15, -0.1) is 12.4 Å². The van der Waals surface area contributed by atoms with Crippen LogP contribution in [0.3, 0.4) is 0 Å². The average Bonchev–Trinajstić information content (AvgIpc) is 2.61. The predicted octanol–water partition coefficient (Wildman–Crippen LogP) is 1.66. The fourth-order valence-corrected chi connectivity index (χ4v) is 5.32. The number of rotatable bonds is 5. The molecular weight excluding hydrogens is 390 g/mol. The third-order valence-corrected chi connectivity index (χ3v) is 7.09. The van der Waals surface area contributed by atoms with Crippen molar-refractivity contribution in [3.8, 4) is 5.75 Å². The maximum atomic E-state index is 12.8. The minimum absolute atomic E-state index is 0. The summed E-state index contributed by atoms with van der Waals surface area (Å²) in [6, 6.07) is 4.79. The molecule has 2 bridgehead atoms. The first-order valence-electron chi connectivity index (χ1n) is 9.03. The van der Waals surface area contributed by atoms with Crippen LogP contribution in [0.25, 0.3) is 0 Å². The SMILES string of the molecule is CNS(=O)(=O)c1cc(C(=O)NC2C3CCCC2CC(N)C3)ccc1OC.Cl. The average molecular weight is 418 g/mol. The van der Waals surface area contributed by atoms with Crippen LogP contribution in [0, 0.1) is 11.8 Å². The molecule has 4 N–H and O–H groups in total. The largest absolute Gasteiger partial charge is 0.495 e. The maximum Gasteiger partial charge on any atom is 0.251 e. The molecule has 27 heavy (non-hydrogen) atoms. The second-order valence-corrected chi connectivity index (χ2v) is 9.11. The maximum absolute atomic E-state index is 12.8. The minimum Gasteiger partial charge on any atom is -0.495 e. The Morgan fingerprint density at radius 3 is 2.41 bits per heavy atom. The molecule has 1 aromatic rings. The smallest absolute Gasteiger partial charge is 0.251 e. The van der Waals surface area contributed by atoms with E-state index in [-0.39, 0.29) is 41.0 Å². The van der Waals surface area contributed by atoms with Crippen LogP contribution < -0.4 is 20.5 Å². The van der Waals surface area contributed by atoms with E-state index >= 15 is 0 Å². The Morgan fingerprint density at radius 1 is 1.22 bits per heavy atom. The first kappa shape index (κ1) is 21.9. The van der Waals surface area contributed by atoms with Crippen LogP contribution in [0.5, 0.6) is 5.75 Å². The molecule has 9 heteroatoms. The van der Waals surface area contributed by atoms with Crippen molar-refractivity contribution < 1.29 is 17.9 Å². The Balaban J connectivity index is 0.00000261. The van der Waals surface area contributed by atoms with Gasteiger partial charge in [0, 0.05) is 17.6 Å². The van der Waals surface area contributed by atoms with Gasteiger partial charge < -0.3 is 15.8 Å². The monoisotopic (exact) mass is 417 g/mol. The number of fused-ring (bicyclic) bond motifs is 2. The van der Waals surface area contributed by atoms with Gasteiger partial charge in [0.15, 0.2) is 0 Å². The van der Waals surface area contributed by atoms with Gasteiger partial charge in [-0.3, -0.25) is 4.79 Å². The quantitative estimate of drug-likeness (QED) is 0.674. The summed E-state index contributed by atoms with van der Waals surface area (Å²) in [5.74, 6) is 0.759. The summed E-state index contributed by atoms with van der Waals surface area (Å²) < 4.78 is 31.8. The van der Waals surface area contributed by atoms with Crippen molar-refractivity contribution >= 4 is 28.3 Å². The highest BCUT2D eigenvalue weighted by Gasteiger charge is 2.40. The van der Waals surface area contributed by atoms with Crippen molar-refractivity contribution in [3.05, 3.63) is 23.8 Å². The molecule has 2 unspecified atom stereocenters. The molecule has 0 aliphatic heterocycles. The van der Waals surface area contributed by atoms with Crippen LogP contribution in [-0.2, 0) is 10.0 Å². The molecule has 1 aromatic carbocycles. The fraction of sp³-hybridized carbons (Fsp3) is 0.611. The number of amides is 1. The van der Waals surface area contributed by atoms with E-state index in [0.717, 1.165) is 25.7 Å². The number of hydrogen-bond donors (Lipinski definition) is 3. The second kappa shape index (κ2) is 8.77. The van der Waals surface area contributed by atoms with E-state index in [0.29, 0.717) is 17.4 Å². The lowest BCUT2D eigenvalue weighted by molar-refractivity contribution is 0.0756. The summed E-state index contributed by atoms with van der Waals surface area (Å²) in [5, 5.41) is 3.14. The highest BCUT2D eigenvalue weighted by Crippen LogP contribution is 2.39. The third-order valence-electron chi connectivity index (χ3n) is 5.66. The molecule has 2 aliphatic carbocycles. The van der Waals surface area contributed by atoms with Gasteiger partial charge in [0.25, 0.3) is 5.91 Å². The number of sulfonamides is 1. The number of hydrogen-bond acceptors (Lipinski definition) is 5. The summed E-state index contributed by atoms with van der Waals surface area (Å²) in [4.78, 5) is 12.8. The van der Waals surface area contributed by atoms with Crippen LogP contribution in [0.1, 0.15) is 42.5 Å². The van der Waals surface area contributed by atoms with E-state index in [1.165, 1.54) is 32.7 Å². The van der Waals surface area contributed by atoms with Gasteiger partial charge >= 0.3 is 0 Å². The van der Waals surface area contributed by atoms with Gasteiger partial charge in [0.2, 0.25) is 10.0 Å².